The third-order valence-corrected chi connectivity index (χ3v) is 7.87. The maximum atomic E-state index is 12.9. The van der Waals surface area contributed by atoms with E-state index < -0.39 is 14.9 Å². The molecule has 2 aromatic carbocycles. The van der Waals surface area contributed by atoms with Crippen LogP contribution in [0.3, 0.4) is 0 Å². The van der Waals surface area contributed by atoms with E-state index in [1.54, 1.807) is 0 Å². The van der Waals surface area contributed by atoms with Crippen LogP contribution in [0.2, 0.25) is 0 Å². The molecule has 1 saturated heterocycles. The molecule has 0 radical (unpaired) electrons. The number of rotatable bonds is 7. The monoisotopic (exact) mass is 475 g/mol. The Labute approximate surface area is 193 Å². The number of hydrogen-bond donors (Lipinski definition) is 1. The SMILES string of the molecule is CC(C)[C@@H](Nc1ccc(S(=O)(=O)N2CCCC2)cc1[N+](=O)[O-])c1ccc2c(c1)OCCCO2. The van der Waals surface area contributed by atoms with Crippen molar-refractivity contribution < 1.29 is 22.8 Å². The van der Waals surface area contributed by atoms with Gasteiger partial charge in [0.05, 0.1) is 29.1 Å². The first kappa shape index (κ1) is 23.3. The molecule has 10 heteroatoms. The molecule has 0 spiro atoms. The van der Waals surface area contributed by atoms with Crippen LogP contribution >= 0.6 is 0 Å². The van der Waals surface area contributed by atoms with Crippen LogP contribution in [0, 0.1) is 16.0 Å². The Hall–Kier alpha value is -2.85. The number of anilines is 1. The second-order valence-corrected chi connectivity index (χ2v) is 10.6. The Kier molecular flexibility index (Phi) is 6.76. The number of hydrogen-bond acceptors (Lipinski definition) is 7. The van der Waals surface area contributed by atoms with E-state index in [0.29, 0.717) is 37.8 Å². The fourth-order valence-electron chi connectivity index (χ4n) is 4.20. The van der Waals surface area contributed by atoms with Crippen molar-refractivity contribution in [3.63, 3.8) is 0 Å². The van der Waals surface area contributed by atoms with Gasteiger partial charge in [-0.25, -0.2) is 8.42 Å². The van der Waals surface area contributed by atoms with E-state index >= 15 is 0 Å². The zero-order valence-corrected chi connectivity index (χ0v) is 19.6. The molecule has 0 aromatic heterocycles. The van der Waals surface area contributed by atoms with Gasteiger partial charge in [-0.3, -0.25) is 10.1 Å². The van der Waals surface area contributed by atoms with Crippen molar-refractivity contribution in [3.8, 4) is 11.5 Å². The van der Waals surface area contributed by atoms with Crippen molar-refractivity contribution >= 4 is 21.4 Å². The summed E-state index contributed by atoms with van der Waals surface area (Å²) in [6.07, 6.45) is 2.40. The predicted octanol–water partition coefficient (Wildman–Crippen LogP) is 4.35. The molecule has 2 aromatic rings. The van der Waals surface area contributed by atoms with E-state index in [1.807, 2.05) is 32.0 Å². The molecule has 0 saturated carbocycles. The number of ether oxygens (including phenoxy) is 2. The first-order valence-corrected chi connectivity index (χ1v) is 12.7. The van der Waals surface area contributed by atoms with Gasteiger partial charge in [-0.05, 0) is 48.6 Å². The maximum Gasteiger partial charge on any atom is 0.293 e. The first-order chi connectivity index (χ1) is 15.8. The van der Waals surface area contributed by atoms with Gasteiger partial charge in [-0.1, -0.05) is 19.9 Å². The van der Waals surface area contributed by atoms with Crippen molar-refractivity contribution in [1.82, 2.24) is 4.31 Å². The first-order valence-electron chi connectivity index (χ1n) is 11.2. The highest BCUT2D eigenvalue weighted by molar-refractivity contribution is 7.89. The Morgan fingerprint density at radius 2 is 1.70 bits per heavy atom. The third-order valence-electron chi connectivity index (χ3n) is 5.98. The Balaban J connectivity index is 1.66. The maximum absolute atomic E-state index is 12.9. The van der Waals surface area contributed by atoms with Crippen LogP contribution in [-0.4, -0.2) is 43.9 Å². The second-order valence-electron chi connectivity index (χ2n) is 8.67. The highest BCUT2D eigenvalue weighted by Gasteiger charge is 2.30. The van der Waals surface area contributed by atoms with Gasteiger partial charge in [0.15, 0.2) is 11.5 Å². The number of sulfonamides is 1. The molecule has 0 amide bonds. The topological polar surface area (TPSA) is 111 Å². The zero-order chi connectivity index (χ0) is 23.6. The van der Waals surface area contributed by atoms with E-state index in [2.05, 4.69) is 5.32 Å². The van der Waals surface area contributed by atoms with Gasteiger partial charge in [-0.15, -0.1) is 0 Å². The van der Waals surface area contributed by atoms with E-state index in [4.69, 9.17) is 9.47 Å². The normalized spacial score (nSPS) is 17.5. The van der Waals surface area contributed by atoms with Crippen LogP contribution in [0.1, 0.15) is 44.7 Å². The van der Waals surface area contributed by atoms with Gasteiger partial charge in [0, 0.05) is 25.6 Å². The number of nitrogens with zero attached hydrogens (tertiary/aromatic N) is 2. The van der Waals surface area contributed by atoms with Crippen molar-refractivity contribution in [2.75, 3.05) is 31.6 Å². The smallest absolute Gasteiger partial charge is 0.293 e. The summed E-state index contributed by atoms with van der Waals surface area (Å²) in [6, 6.07) is 9.49. The van der Waals surface area contributed by atoms with Crippen molar-refractivity contribution in [2.45, 2.75) is 44.0 Å². The predicted molar refractivity (Wildman–Crippen MR) is 124 cm³/mol. The Bertz CT molecular complexity index is 1130. The standard InChI is InChI=1S/C23H29N3O6S/c1-16(2)23(17-6-9-21-22(14-17)32-13-5-12-31-21)24-19-8-7-18(15-20(19)26(27)28)33(29,30)25-10-3-4-11-25/h6-9,14-16,23-24H,3-5,10-13H2,1-2H3/t23-/m1/s1. The van der Waals surface area contributed by atoms with Gasteiger partial charge in [0.25, 0.3) is 5.69 Å². The van der Waals surface area contributed by atoms with Crippen LogP contribution in [0.15, 0.2) is 41.3 Å². The molecule has 178 valence electrons. The average molecular weight is 476 g/mol. The number of nitro groups is 1. The Morgan fingerprint density at radius 1 is 1.00 bits per heavy atom. The van der Waals surface area contributed by atoms with Crippen molar-refractivity contribution in [1.29, 1.82) is 0 Å². The number of nitrogens with one attached hydrogen (secondary N) is 1. The summed E-state index contributed by atoms with van der Waals surface area (Å²) in [5.74, 6) is 1.42. The minimum Gasteiger partial charge on any atom is -0.490 e. The molecular formula is C23H29N3O6S. The van der Waals surface area contributed by atoms with Crippen LogP contribution in [0.25, 0.3) is 0 Å². The van der Waals surface area contributed by atoms with Crippen molar-refractivity contribution in [2.24, 2.45) is 5.92 Å². The molecule has 1 fully saturated rings. The summed E-state index contributed by atoms with van der Waals surface area (Å²) < 4.78 is 38.7. The van der Waals surface area contributed by atoms with Crippen LogP contribution in [0.4, 0.5) is 11.4 Å². The largest absolute Gasteiger partial charge is 0.490 e. The molecule has 0 unspecified atom stereocenters. The molecule has 4 rings (SSSR count). The summed E-state index contributed by atoms with van der Waals surface area (Å²) in [4.78, 5) is 11.3. The second kappa shape index (κ2) is 9.56. The number of nitro benzene ring substituents is 1. The fraction of sp³-hybridized carbons (Fsp3) is 0.478. The van der Waals surface area contributed by atoms with E-state index in [9.17, 15) is 18.5 Å². The minimum atomic E-state index is -3.75. The van der Waals surface area contributed by atoms with Gasteiger partial charge in [-0.2, -0.15) is 4.31 Å². The summed E-state index contributed by atoms with van der Waals surface area (Å²) in [5.41, 5.74) is 0.902. The van der Waals surface area contributed by atoms with Crippen LogP contribution in [-0.2, 0) is 10.0 Å². The lowest BCUT2D eigenvalue weighted by molar-refractivity contribution is -0.384. The van der Waals surface area contributed by atoms with Crippen LogP contribution < -0.4 is 14.8 Å². The minimum absolute atomic E-state index is 0.0571. The molecule has 0 bridgehead atoms. The molecule has 2 aliphatic heterocycles. The summed E-state index contributed by atoms with van der Waals surface area (Å²) in [7, 11) is -3.75. The molecule has 2 aliphatic rings. The Morgan fingerprint density at radius 3 is 2.36 bits per heavy atom. The molecule has 1 atom stereocenters. The lowest BCUT2D eigenvalue weighted by atomic mass is 9.95. The summed E-state index contributed by atoms with van der Waals surface area (Å²) >= 11 is 0. The molecule has 9 nitrogen and oxygen atoms in total. The van der Waals surface area contributed by atoms with Crippen LogP contribution in [0.5, 0.6) is 11.5 Å². The summed E-state index contributed by atoms with van der Waals surface area (Å²) in [5, 5.41) is 15.1. The number of fused-ring (bicyclic) bond motifs is 1. The van der Waals surface area contributed by atoms with Gasteiger partial charge >= 0.3 is 0 Å². The highest BCUT2D eigenvalue weighted by Crippen LogP contribution is 2.38. The fourth-order valence-corrected chi connectivity index (χ4v) is 5.74. The molecule has 1 N–H and O–H groups in total. The van der Waals surface area contributed by atoms with Gasteiger partial charge in [0.2, 0.25) is 10.0 Å². The zero-order valence-electron chi connectivity index (χ0n) is 18.8. The molecule has 33 heavy (non-hydrogen) atoms. The molecule has 0 aliphatic carbocycles. The average Bonchev–Trinajstić information content (AvgIpc) is 3.24. The third kappa shape index (κ3) is 4.91. The van der Waals surface area contributed by atoms with Gasteiger partial charge < -0.3 is 14.8 Å². The lowest BCUT2D eigenvalue weighted by Gasteiger charge is -2.25. The van der Waals surface area contributed by atoms with E-state index in [-0.39, 0.29) is 28.2 Å². The van der Waals surface area contributed by atoms with Gasteiger partial charge in [0.1, 0.15) is 5.69 Å². The molecular weight excluding hydrogens is 446 g/mol. The lowest BCUT2D eigenvalue weighted by Crippen LogP contribution is -2.28. The number of benzene rings is 2. The highest BCUT2D eigenvalue weighted by atomic mass is 32.2. The van der Waals surface area contributed by atoms with E-state index in [1.165, 1.54) is 16.4 Å². The quantitative estimate of drug-likeness (QED) is 0.468. The molecule has 2 heterocycles. The van der Waals surface area contributed by atoms with Crippen molar-refractivity contribution in [3.05, 3.63) is 52.1 Å². The summed E-state index contributed by atoms with van der Waals surface area (Å²) in [6.45, 7) is 6.06. The van der Waals surface area contributed by atoms with E-state index in [0.717, 1.165) is 30.9 Å².